The molecule has 1 heterocycles. The number of carbonyl (C=O) groups excluding carboxylic acids is 1. The highest BCUT2D eigenvalue weighted by Crippen LogP contribution is 2.31. The summed E-state index contributed by atoms with van der Waals surface area (Å²) in [6.45, 7) is 0. The monoisotopic (exact) mass is 308 g/mol. The van der Waals surface area contributed by atoms with Crippen molar-refractivity contribution < 1.29 is 14.3 Å². The van der Waals surface area contributed by atoms with Crippen molar-refractivity contribution in [3.8, 4) is 11.5 Å². The highest BCUT2D eigenvalue weighted by atomic mass is 35.5. The second-order valence-electron chi connectivity index (χ2n) is 3.96. The van der Waals surface area contributed by atoms with Gasteiger partial charge in [0.2, 0.25) is 5.28 Å². The van der Waals surface area contributed by atoms with Crippen molar-refractivity contribution in [2.45, 2.75) is 0 Å². The van der Waals surface area contributed by atoms with Crippen LogP contribution < -0.4 is 20.5 Å². The van der Waals surface area contributed by atoms with Crippen LogP contribution in [-0.4, -0.2) is 30.1 Å². The van der Waals surface area contributed by atoms with Crippen LogP contribution in [0.3, 0.4) is 0 Å². The minimum atomic E-state index is -0.459. The fourth-order valence-electron chi connectivity index (χ4n) is 1.66. The van der Waals surface area contributed by atoms with Crippen LogP contribution in [0.15, 0.2) is 24.4 Å². The van der Waals surface area contributed by atoms with E-state index in [0.29, 0.717) is 11.5 Å². The number of nitrogens with one attached hydrogen (secondary N) is 1. The number of nitrogen functional groups attached to an aromatic ring is 1. The maximum atomic E-state index is 12.3. The Kier molecular flexibility index (Phi) is 4.44. The fourth-order valence-corrected chi connectivity index (χ4v) is 1.81. The maximum Gasteiger partial charge on any atom is 0.259 e. The standard InChI is InChI=1S/C13H13ClN4O3/c1-20-7-5-8(11(15)9(6-7)21-2)12(19)17-10-3-4-16-13(14)18-10/h3-6H,15H2,1-2H3,(H,16,17,18,19). The van der Waals surface area contributed by atoms with Crippen LogP contribution >= 0.6 is 11.6 Å². The van der Waals surface area contributed by atoms with Crippen molar-refractivity contribution in [3.63, 3.8) is 0 Å². The van der Waals surface area contributed by atoms with Gasteiger partial charge in [-0.1, -0.05) is 0 Å². The van der Waals surface area contributed by atoms with E-state index in [1.165, 1.54) is 32.5 Å². The summed E-state index contributed by atoms with van der Waals surface area (Å²) >= 11 is 5.66. The van der Waals surface area contributed by atoms with Gasteiger partial charge in [-0.3, -0.25) is 4.79 Å². The van der Waals surface area contributed by atoms with Gasteiger partial charge < -0.3 is 20.5 Å². The van der Waals surface area contributed by atoms with Crippen molar-refractivity contribution >= 4 is 29.0 Å². The number of carbonyl (C=O) groups is 1. The van der Waals surface area contributed by atoms with Gasteiger partial charge in [-0.25, -0.2) is 9.97 Å². The van der Waals surface area contributed by atoms with Gasteiger partial charge >= 0.3 is 0 Å². The second-order valence-corrected chi connectivity index (χ2v) is 4.29. The number of amides is 1. The third kappa shape index (κ3) is 3.32. The molecule has 0 aliphatic carbocycles. The molecule has 0 atom stereocenters. The van der Waals surface area contributed by atoms with Crippen LogP contribution in [0.1, 0.15) is 10.4 Å². The second kappa shape index (κ2) is 6.27. The molecule has 0 radical (unpaired) electrons. The Morgan fingerprint density at radius 3 is 2.71 bits per heavy atom. The van der Waals surface area contributed by atoms with Gasteiger partial charge in [0.25, 0.3) is 5.91 Å². The van der Waals surface area contributed by atoms with E-state index < -0.39 is 5.91 Å². The van der Waals surface area contributed by atoms with Crippen molar-refractivity contribution in [2.75, 3.05) is 25.3 Å². The lowest BCUT2D eigenvalue weighted by Gasteiger charge is -2.12. The third-order valence-corrected chi connectivity index (χ3v) is 2.87. The van der Waals surface area contributed by atoms with E-state index in [1.54, 1.807) is 6.07 Å². The quantitative estimate of drug-likeness (QED) is 0.662. The molecule has 21 heavy (non-hydrogen) atoms. The predicted molar refractivity (Wildman–Crippen MR) is 79.0 cm³/mol. The Bertz CT molecular complexity index is 678. The number of aromatic nitrogens is 2. The van der Waals surface area contributed by atoms with E-state index >= 15 is 0 Å². The number of halogens is 1. The first-order valence-corrected chi connectivity index (χ1v) is 6.24. The molecule has 0 aliphatic rings. The highest BCUT2D eigenvalue weighted by molar-refractivity contribution is 6.28. The molecule has 3 N–H and O–H groups in total. The van der Waals surface area contributed by atoms with Gasteiger partial charge in [0, 0.05) is 12.3 Å². The van der Waals surface area contributed by atoms with Crippen LogP contribution in [0.4, 0.5) is 11.5 Å². The first-order chi connectivity index (χ1) is 10.0. The first-order valence-electron chi connectivity index (χ1n) is 5.86. The Balaban J connectivity index is 2.34. The molecule has 110 valence electrons. The largest absolute Gasteiger partial charge is 0.497 e. The lowest BCUT2D eigenvalue weighted by molar-refractivity contribution is 0.102. The molecule has 2 aromatic rings. The van der Waals surface area contributed by atoms with E-state index in [4.69, 9.17) is 26.8 Å². The molecule has 0 saturated carbocycles. The molecule has 0 unspecified atom stereocenters. The molecule has 0 spiro atoms. The number of anilines is 2. The molecule has 7 nitrogen and oxygen atoms in total. The number of rotatable bonds is 4. The number of nitrogens with zero attached hydrogens (tertiary/aromatic N) is 2. The molecule has 1 aromatic carbocycles. The van der Waals surface area contributed by atoms with Gasteiger partial charge in [-0.05, 0) is 23.7 Å². The van der Waals surface area contributed by atoms with Crippen LogP contribution in [0, 0.1) is 0 Å². The number of hydrogen-bond donors (Lipinski definition) is 2. The Hall–Kier alpha value is -2.54. The average molecular weight is 309 g/mol. The highest BCUT2D eigenvalue weighted by Gasteiger charge is 2.16. The molecule has 8 heteroatoms. The molecular weight excluding hydrogens is 296 g/mol. The summed E-state index contributed by atoms with van der Waals surface area (Å²) < 4.78 is 10.2. The summed E-state index contributed by atoms with van der Waals surface area (Å²) in [5.74, 6) is 0.604. The lowest BCUT2D eigenvalue weighted by atomic mass is 10.1. The number of nitrogens with two attached hydrogens (primary N) is 1. The van der Waals surface area contributed by atoms with Gasteiger partial charge in [-0.2, -0.15) is 0 Å². The van der Waals surface area contributed by atoms with E-state index in [1.807, 2.05) is 0 Å². The van der Waals surface area contributed by atoms with Crippen LogP contribution in [0.5, 0.6) is 11.5 Å². The lowest BCUT2D eigenvalue weighted by Crippen LogP contribution is -2.15. The molecule has 1 aromatic heterocycles. The molecule has 0 saturated heterocycles. The summed E-state index contributed by atoms with van der Waals surface area (Å²) in [5, 5.41) is 2.61. The van der Waals surface area contributed by atoms with Crippen molar-refractivity contribution in [1.82, 2.24) is 9.97 Å². The van der Waals surface area contributed by atoms with Crippen molar-refractivity contribution in [1.29, 1.82) is 0 Å². The van der Waals surface area contributed by atoms with E-state index in [0.717, 1.165) is 0 Å². The molecule has 0 aliphatic heterocycles. The van der Waals surface area contributed by atoms with E-state index in [2.05, 4.69) is 15.3 Å². The smallest absolute Gasteiger partial charge is 0.259 e. The molecular formula is C13H13ClN4O3. The first kappa shape index (κ1) is 14.9. The summed E-state index contributed by atoms with van der Waals surface area (Å²) in [6, 6.07) is 4.61. The van der Waals surface area contributed by atoms with Gasteiger partial charge in [0.1, 0.15) is 17.3 Å². The minimum Gasteiger partial charge on any atom is -0.497 e. The Morgan fingerprint density at radius 2 is 2.10 bits per heavy atom. The fraction of sp³-hybridized carbons (Fsp3) is 0.154. The van der Waals surface area contributed by atoms with Crippen LogP contribution in [0.25, 0.3) is 0 Å². The Morgan fingerprint density at radius 1 is 1.33 bits per heavy atom. The number of methoxy groups -OCH3 is 2. The number of benzene rings is 1. The maximum absolute atomic E-state index is 12.3. The summed E-state index contributed by atoms with van der Waals surface area (Å²) in [4.78, 5) is 19.9. The van der Waals surface area contributed by atoms with Gasteiger partial charge in [0.15, 0.2) is 0 Å². The topological polar surface area (TPSA) is 99.4 Å². The zero-order chi connectivity index (χ0) is 15.4. The average Bonchev–Trinajstić information content (AvgIpc) is 2.47. The van der Waals surface area contributed by atoms with E-state index in [-0.39, 0.29) is 22.4 Å². The number of ether oxygens (including phenoxy) is 2. The minimum absolute atomic E-state index is 0.0315. The van der Waals surface area contributed by atoms with Gasteiger partial charge in [-0.15, -0.1) is 0 Å². The summed E-state index contributed by atoms with van der Waals surface area (Å²) in [6.07, 6.45) is 1.43. The molecule has 2 rings (SSSR count). The molecule has 0 fully saturated rings. The number of hydrogen-bond acceptors (Lipinski definition) is 6. The SMILES string of the molecule is COc1cc(OC)c(N)c(C(=O)Nc2ccnc(Cl)n2)c1. The summed E-state index contributed by atoms with van der Waals surface area (Å²) in [7, 11) is 2.94. The van der Waals surface area contributed by atoms with Crippen molar-refractivity contribution in [2.24, 2.45) is 0 Å². The zero-order valence-corrected chi connectivity index (χ0v) is 12.1. The summed E-state index contributed by atoms with van der Waals surface area (Å²) in [5.41, 5.74) is 6.32. The van der Waals surface area contributed by atoms with Crippen LogP contribution in [0.2, 0.25) is 5.28 Å². The molecule has 0 bridgehead atoms. The Labute approximate surface area is 126 Å². The van der Waals surface area contributed by atoms with Gasteiger partial charge in [0.05, 0.1) is 25.5 Å². The van der Waals surface area contributed by atoms with E-state index in [9.17, 15) is 4.79 Å². The zero-order valence-electron chi connectivity index (χ0n) is 11.4. The molecule has 1 amide bonds. The predicted octanol–water partition coefficient (Wildman–Crippen LogP) is 1.98. The van der Waals surface area contributed by atoms with Crippen molar-refractivity contribution in [3.05, 3.63) is 35.2 Å². The normalized spacial score (nSPS) is 10.0. The van der Waals surface area contributed by atoms with Crippen LogP contribution in [-0.2, 0) is 0 Å². The third-order valence-electron chi connectivity index (χ3n) is 2.68.